The van der Waals surface area contributed by atoms with E-state index in [0.29, 0.717) is 0 Å². The molecule has 4 N–H and O–H groups in total. The summed E-state index contributed by atoms with van der Waals surface area (Å²) < 4.78 is 31.7. The smallest absolute Gasteiger partial charge is 0.475 e. The largest absolute Gasteiger partial charge is 0.490 e. The van der Waals surface area contributed by atoms with Crippen LogP contribution < -0.4 is 5.32 Å². The summed E-state index contributed by atoms with van der Waals surface area (Å²) in [5, 5.41) is 27.4. The van der Waals surface area contributed by atoms with Crippen molar-refractivity contribution in [2.24, 2.45) is 0 Å². The van der Waals surface area contributed by atoms with E-state index in [4.69, 9.17) is 20.0 Å². The molecular weight excluding hydrogens is 523 g/mol. The predicted molar refractivity (Wildman–Crippen MR) is 145 cm³/mol. The lowest BCUT2D eigenvalue weighted by molar-refractivity contribution is -0.192. The van der Waals surface area contributed by atoms with E-state index in [9.17, 15) is 13.2 Å². The lowest BCUT2D eigenvalue weighted by atomic mass is 9.96. The van der Waals surface area contributed by atoms with E-state index in [0.717, 1.165) is 64.1 Å². The number of fused-ring (bicyclic) bond motifs is 1. The highest BCUT2D eigenvalue weighted by molar-refractivity contribution is 5.98. The third-order valence-corrected chi connectivity index (χ3v) is 5.91. The molecule has 5 rings (SSSR count). The standard InChI is InChI=1S/C27H25N5O.C2HF3O2/c33-14-4-12-28-16-19-7-9-21(10-8-19)27-23(20-5-2-1-3-6-20)15-24-25(32-27)11-13-29-26(24)22-17-30-31-18-22;3-2(4,5)1(6)7/h1-3,5-11,13,15,17-18,28,33H,4,12,14,16H2,(H,30,31);(H,6,7). The monoisotopic (exact) mass is 549 g/mol. The highest BCUT2D eigenvalue weighted by Gasteiger charge is 2.38. The Morgan fingerprint density at radius 2 is 1.68 bits per heavy atom. The lowest BCUT2D eigenvalue weighted by Gasteiger charge is -2.13. The molecule has 3 aromatic heterocycles. The van der Waals surface area contributed by atoms with Crippen LogP contribution in [-0.2, 0) is 11.3 Å². The number of carboxylic acids is 1. The number of carboxylic acid groups (broad SMARTS) is 1. The Morgan fingerprint density at radius 1 is 0.950 bits per heavy atom. The Hall–Kier alpha value is -4.61. The Labute approximate surface area is 227 Å². The molecule has 0 amide bonds. The van der Waals surface area contributed by atoms with E-state index in [2.05, 4.69) is 63.0 Å². The van der Waals surface area contributed by atoms with E-state index in [1.165, 1.54) is 5.56 Å². The summed E-state index contributed by atoms with van der Waals surface area (Å²) in [6.07, 6.45) is 1.11. The maximum Gasteiger partial charge on any atom is 0.490 e. The van der Waals surface area contributed by atoms with Gasteiger partial charge in [0, 0.05) is 47.6 Å². The lowest BCUT2D eigenvalue weighted by Crippen LogP contribution is -2.21. The second kappa shape index (κ2) is 13.0. The summed E-state index contributed by atoms with van der Waals surface area (Å²) in [4.78, 5) is 18.6. The summed E-state index contributed by atoms with van der Waals surface area (Å²) in [5.41, 5.74) is 8.08. The van der Waals surface area contributed by atoms with Crippen LogP contribution in [0.5, 0.6) is 0 Å². The fourth-order valence-electron chi connectivity index (χ4n) is 3.98. The van der Waals surface area contributed by atoms with Gasteiger partial charge in [-0.15, -0.1) is 0 Å². The molecule has 5 aromatic rings. The van der Waals surface area contributed by atoms with Crippen LogP contribution in [0.3, 0.4) is 0 Å². The number of carbonyl (C=O) groups is 1. The average molecular weight is 550 g/mol. The van der Waals surface area contributed by atoms with Crippen molar-refractivity contribution in [1.82, 2.24) is 25.5 Å². The summed E-state index contributed by atoms with van der Waals surface area (Å²) in [6, 6.07) is 23.0. The SMILES string of the molecule is O=C(O)C(F)(F)F.OCCCNCc1ccc(-c2nc3ccnc(-c4cn[nH]c4)c3cc2-c2ccccc2)cc1. The topological polar surface area (TPSA) is 124 Å². The van der Waals surface area contributed by atoms with Gasteiger partial charge in [-0.2, -0.15) is 18.3 Å². The quantitative estimate of drug-likeness (QED) is 0.190. The number of halogens is 3. The minimum Gasteiger partial charge on any atom is -0.475 e. The van der Waals surface area contributed by atoms with Gasteiger partial charge in [0.05, 0.1) is 23.1 Å². The molecule has 0 unspecified atom stereocenters. The van der Waals surface area contributed by atoms with E-state index in [1.54, 1.807) is 12.4 Å². The first-order valence-electron chi connectivity index (χ1n) is 12.3. The molecule has 3 heterocycles. The minimum atomic E-state index is -5.08. The Morgan fingerprint density at radius 3 is 2.30 bits per heavy atom. The van der Waals surface area contributed by atoms with Crippen molar-refractivity contribution in [3.05, 3.63) is 90.9 Å². The number of nitrogens with one attached hydrogen (secondary N) is 2. The predicted octanol–water partition coefficient (Wildman–Crippen LogP) is 5.46. The van der Waals surface area contributed by atoms with Gasteiger partial charge in [-0.05, 0) is 36.2 Å². The molecule has 206 valence electrons. The number of pyridine rings is 2. The fraction of sp³-hybridized carbons (Fsp3) is 0.172. The number of aliphatic carboxylic acids is 1. The van der Waals surface area contributed by atoms with Crippen LogP contribution in [0.2, 0.25) is 0 Å². The van der Waals surface area contributed by atoms with E-state index in [-0.39, 0.29) is 6.61 Å². The summed E-state index contributed by atoms with van der Waals surface area (Å²) >= 11 is 0. The van der Waals surface area contributed by atoms with Gasteiger partial charge in [-0.25, -0.2) is 9.78 Å². The third kappa shape index (κ3) is 7.07. The summed E-state index contributed by atoms with van der Waals surface area (Å²) in [5.74, 6) is -2.76. The van der Waals surface area contributed by atoms with Crippen molar-refractivity contribution in [3.63, 3.8) is 0 Å². The number of benzene rings is 2. The normalized spacial score (nSPS) is 11.2. The van der Waals surface area contributed by atoms with Crippen LogP contribution in [0.1, 0.15) is 12.0 Å². The number of H-pyrrole nitrogens is 1. The molecule has 0 saturated heterocycles. The van der Waals surface area contributed by atoms with Crippen LogP contribution in [0.4, 0.5) is 13.2 Å². The van der Waals surface area contributed by atoms with Crippen LogP contribution in [0.15, 0.2) is 85.3 Å². The number of nitrogens with zero attached hydrogens (tertiary/aromatic N) is 3. The zero-order valence-corrected chi connectivity index (χ0v) is 21.2. The molecule has 0 radical (unpaired) electrons. The van der Waals surface area contributed by atoms with Gasteiger partial charge >= 0.3 is 12.1 Å². The number of alkyl halides is 3. The van der Waals surface area contributed by atoms with Crippen molar-refractivity contribution in [2.45, 2.75) is 19.1 Å². The van der Waals surface area contributed by atoms with Gasteiger partial charge in [0.25, 0.3) is 0 Å². The number of hydrogen-bond donors (Lipinski definition) is 4. The van der Waals surface area contributed by atoms with Crippen molar-refractivity contribution in [3.8, 4) is 33.6 Å². The van der Waals surface area contributed by atoms with Gasteiger partial charge in [0.1, 0.15) is 0 Å². The van der Waals surface area contributed by atoms with E-state index >= 15 is 0 Å². The number of aromatic nitrogens is 4. The maximum atomic E-state index is 10.6. The Kier molecular flexibility index (Phi) is 9.20. The van der Waals surface area contributed by atoms with Gasteiger partial charge in [-0.1, -0.05) is 54.6 Å². The molecule has 0 aliphatic carbocycles. The first-order chi connectivity index (χ1) is 19.3. The number of aromatic amines is 1. The van der Waals surface area contributed by atoms with Crippen LogP contribution in [-0.4, -0.2) is 55.7 Å². The molecule has 0 atom stereocenters. The highest BCUT2D eigenvalue weighted by atomic mass is 19.4. The van der Waals surface area contributed by atoms with Crippen LogP contribution in [0.25, 0.3) is 44.5 Å². The molecule has 11 heteroatoms. The zero-order valence-electron chi connectivity index (χ0n) is 21.2. The molecule has 0 bridgehead atoms. The molecule has 2 aromatic carbocycles. The molecule has 0 aliphatic heterocycles. The third-order valence-electron chi connectivity index (χ3n) is 5.91. The zero-order chi connectivity index (χ0) is 28.5. The maximum absolute atomic E-state index is 10.6. The van der Waals surface area contributed by atoms with Crippen molar-refractivity contribution in [2.75, 3.05) is 13.2 Å². The molecule has 40 heavy (non-hydrogen) atoms. The van der Waals surface area contributed by atoms with Crippen molar-refractivity contribution >= 4 is 16.9 Å². The second-order valence-electron chi connectivity index (χ2n) is 8.72. The first kappa shape index (κ1) is 28.4. The van der Waals surface area contributed by atoms with Crippen LogP contribution >= 0.6 is 0 Å². The summed E-state index contributed by atoms with van der Waals surface area (Å²) in [6.45, 7) is 1.78. The van der Waals surface area contributed by atoms with Gasteiger partial charge in [0.2, 0.25) is 0 Å². The highest BCUT2D eigenvalue weighted by Crippen LogP contribution is 2.36. The number of aliphatic hydroxyl groups excluding tert-OH is 1. The van der Waals surface area contributed by atoms with Gasteiger partial charge in [-0.3, -0.25) is 10.1 Å². The van der Waals surface area contributed by atoms with E-state index in [1.807, 2.05) is 30.5 Å². The number of rotatable bonds is 8. The minimum absolute atomic E-state index is 0.208. The fourth-order valence-corrected chi connectivity index (χ4v) is 3.98. The Balaban J connectivity index is 0.000000470. The average Bonchev–Trinajstić information content (AvgIpc) is 3.50. The van der Waals surface area contributed by atoms with Crippen molar-refractivity contribution < 1.29 is 28.2 Å². The van der Waals surface area contributed by atoms with Gasteiger partial charge in [0.15, 0.2) is 0 Å². The number of hydrogen-bond acceptors (Lipinski definition) is 6. The molecule has 0 fully saturated rings. The Bertz CT molecular complexity index is 1540. The van der Waals surface area contributed by atoms with Crippen molar-refractivity contribution in [1.29, 1.82) is 0 Å². The molecule has 8 nitrogen and oxygen atoms in total. The molecule has 0 aliphatic rings. The summed E-state index contributed by atoms with van der Waals surface area (Å²) in [7, 11) is 0. The van der Waals surface area contributed by atoms with Gasteiger partial charge < -0.3 is 15.5 Å². The molecular formula is C29H26F3N5O3. The van der Waals surface area contributed by atoms with E-state index < -0.39 is 12.1 Å². The number of aliphatic hydroxyl groups is 1. The first-order valence-corrected chi connectivity index (χ1v) is 12.3. The second-order valence-corrected chi connectivity index (χ2v) is 8.72. The molecule has 0 spiro atoms. The van der Waals surface area contributed by atoms with Crippen LogP contribution in [0, 0.1) is 0 Å². The molecule has 0 saturated carbocycles.